The van der Waals surface area contributed by atoms with Crippen LogP contribution in [0.2, 0.25) is 15.1 Å². The number of amides is 2. The van der Waals surface area contributed by atoms with E-state index < -0.39 is 11.8 Å². The summed E-state index contributed by atoms with van der Waals surface area (Å²) in [5, 5.41) is 4.18. The van der Waals surface area contributed by atoms with Crippen LogP contribution in [0.25, 0.3) is 0 Å². The van der Waals surface area contributed by atoms with Gasteiger partial charge in [-0.15, -0.1) is 0 Å². The summed E-state index contributed by atoms with van der Waals surface area (Å²) in [7, 11) is 3.04. The molecule has 0 aromatic heterocycles. The molecular weight excluding hydrogens is 519 g/mol. The zero-order chi connectivity index (χ0) is 24.4. The van der Waals surface area contributed by atoms with Crippen LogP contribution in [-0.4, -0.2) is 26.0 Å². The Morgan fingerprint density at radius 1 is 0.824 bits per heavy atom. The first-order valence-electron chi connectivity index (χ1n) is 9.83. The highest BCUT2D eigenvalue weighted by Gasteiger charge is 2.41. The molecule has 0 unspecified atom stereocenters. The van der Waals surface area contributed by atoms with Crippen LogP contribution in [0.1, 0.15) is 0 Å². The topological polar surface area (TPSA) is 67.9 Å². The molecule has 0 radical (unpaired) electrons. The van der Waals surface area contributed by atoms with Gasteiger partial charge in [0.1, 0.15) is 22.1 Å². The summed E-state index contributed by atoms with van der Waals surface area (Å²) in [5.41, 5.74) is 0.744. The molecule has 10 heteroatoms. The summed E-state index contributed by atoms with van der Waals surface area (Å²) in [6.07, 6.45) is 0. The quantitative estimate of drug-likeness (QED) is 0.342. The Kier molecular flexibility index (Phi) is 7.28. The second kappa shape index (κ2) is 10.2. The Balaban J connectivity index is 1.79. The molecule has 0 atom stereocenters. The van der Waals surface area contributed by atoms with E-state index in [1.165, 1.54) is 26.4 Å². The van der Waals surface area contributed by atoms with Crippen LogP contribution in [-0.2, 0) is 9.59 Å². The number of nitrogens with zero attached hydrogens (tertiary/aromatic N) is 1. The second-order valence-corrected chi connectivity index (χ2v) is 9.36. The van der Waals surface area contributed by atoms with Gasteiger partial charge in [-0.1, -0.05) is 46.6 Å². The van der Waals surface area contributed by atoms with Crippen LogP contribution in [0.15, 0.2) is 76.2 Å². The number of carbonyl (C=O) groups excluding carboxylic acids is 2. The number of methoxy groups -OCH3 is 2. The van der Waals surface area contributed by atoms with Crippen molar-refractivity contribution in [2.24, 2.45) is 0 Å². The standard InChI is InChI=1S/C24H17Cl3N2O4S/c1-32-15-6-10-18(20(12-15)33-2)28-21-22(34-16-7-3-13(25)4-8-16)24(31)29(23(21)30)19-11-14(26)5-9-17(19)27/h3-12,28H,1-2H3. The third kappa shape index (κ3) is 4.83. The molecule has 0 fully saturated rings. The average molecular weight is 536 g/mol. The second-order valence-electron chi connectivity index (χ2n) is 6.99. The maximum absolute atomic E-state index is 13.5. The monoisotopic (exact) mass is 534 g/mol. The number of halogens is 3. The number of rotatable bonds is 7. The summed E-state index contributed by atoms with van der Waals surface area (Å²) in [6, 6.07) is 16.6. The summed E-state index contributed by atoms with van der Waals surface area (Å²) in [5.74, 6) is -0.108. The van der Waals surface area contributed by atoms with E-state index in [2.05, 4.69) is 5.32 Å². The minimum atomic E-state index is -0.580. The van der Waals surface area contributed by atoms with Crippen LogP contribution < -0.4 is 19.7 Å². The normalized spacial score (nSPS) is 13.5. The molecule has 2 amide bonds. The molecule has 1 N–H and O–H groups in total. The number of thioether (sulfide) groups is 1. The maximum Gasteiger partial charge on any atom is 0.283 e. The van der Waals surface area contributed by atoms with E-state index in [-0.39, 0.29) is 21.3 Å². The number of imide groups is 1. The molecule has 0 saturated carbocycles. The van der Waals surface area contributed by atoms with E-state index in [0.29, 0.717) is 27.2 Å². The summed E-state index contributed by atoms with van der Waals surface area (Å²) in [4.78, 5) is 29.0. The van der Waals surface area contributed by atoms with Crippen molar-refractivity contribution in [1.82, 2.24) is 0 Å². The van der Waals surface area contributed by atoms with Crippen LogP contribution in [0.5, 0.6) is 11.5 Å². The van der Waals surface area contributed by atoms with E-state index in [9.17, 15) is 9.59 Å². The minimum Gasteiger partial charge on any atom is -0.497 e. The summed E-state index contributed by atoms with van der Waals surface area (Å²) in [6.45, 7) is 0. The summed E-state index contributed by atoms with van der Waals surface area (Å²) < 4.78 is 10.7. The lowest BCUT2D eigenvalue weighted by Crippen LogP contribution is -2.32. The Labute approximate surface area is 215 Å². The fraction of sp³-hybridized carbons (Fsp3) is 0.0833. The molecule has 3 aromatic rings. The molecule has 1 aliphatic rings. The smallest absolute Gasteiger partial charge is 0.283 e. The van der Waals surface area contributed by atoms with Gasteiger partial charge in [-0.25, -0.2) is 4.90 Å². The Bertz CT molecular complexity index is 1310. The van der Waals surface area contributed by atoms with Crippen molar-refractivity contribution in [3.05, 3.63) is 86.3 Å². The van der Waals surface area contributed by atoms with E-state index in [4.69, 9.17) is 44.3 Å². The van der Waals surface area contributed by atoms with Crippen molar-refractivity contribution in [2.45, 2.75) is 4.90 Å². The van der Waals surface area contributed by atoms with Crippen molar-refractivity contribution < 1.29 is 19.1 Å². The number of anilines is 2. The molecule has 0 aliphatic carbocycles. The van der Waals surface area contributed by atoms with Crippen LogP contribution in [0, 0.1) is 0 Å². The van der Waals surface area contributed by atoms with Crippen molar-refractivity contribution in [3.63, 3.8) is 0 Å². The van der Waals surface area contributed by atoms with Gasteiger partial charge in [0.25, 0.3) is 11.8 Å². The third-order valence-corrected chi connectivity index (χ3v) is 6.79. The predicted molar refractivity (Wildman–Crippen MR) is 136 cm³/mol. The van der Waals surface area contributed by atoms with Gasteiger partial charge in [-0.3, -0.25) is 9.59 Å². The largest absolute Gasteiger partial charge is 0.497 e. The van der Waals surface area contributed by atoms with Crippen LogP contribution in [0.4, 0.5) is 11.4 Å². The number of benzene rings is 3. The molecule has 4 rings (SSSR count). The van der Waals surface area contributed by atoms with Gasteiger partial charge in [0.05, 0.1) is 30.6 Å². The molecule has 1 aliphatic heterocycles. The van der Waals surface area contributed by atoms with Crippen molar-refractivity contribution in [1.29, 1.82) is 0 Å². The van der Waals surface area contributed by atoms with Gasteiger partial charge in [-0.2, -0.15) is 0 Å². The summed E-state index contributed by atoms with van der Waals surface area (Å²) >= 11 is 19.6. The number of ether oxygens (including phenoxy) is 2. The molecule has 0 saturated heterocycles. The number of nitrogens with one attached hydrogen (secondary N) is 1. The van der Waals surface area contributed by atoms with Crippen molar-refractivity contribution in [2.75, 3.05) is 24.4 Å². The number of hydrogen-bond acceptors (Lipinski definition) is 6. The highest BCUT2D eigenvalue weighted by Crippen LogP contribution is 2.41. The fourth-order valence-electron chi connectivity index (χ4n) is 3.25. The van der Waals surface area contributed by atoms with E-state index >= 15 is 0 Å². The van der Waals surface area contributed by atoms with Gasteiger partial charge in [-0.05, 0) is 54.6 Å². The lowest BCUT2D eigenvalue weighted by atomic mass is 10.2. The molecule has 0 bridgehead atoms. The lowest BCUT2D eigenvalue weighted by molar-refractivity contribution is -0.120. The predicted octanol–water partition coefficient (Wildman–Crippen LogP) is 6.65. The average Bonchev–Trinajstić information content (AvgIpc) is 3.06. The van der Waals surface area contributed by atoms with E-state index in [1.807, 2.05) is 0 Å². The minimum absolute atomic E-state index is 0.0736. The van der Waals surface area contributed by atoms with Crippen LogP contribution >= 0.6 is 46.6 Å². The van der Waals surface area contributed by atoms with E-state index in [0.717, 1.165) is 21.6 Å². The van der Waals surface area contributed by atoms with E-state index in [1.54, 1.807) is 48.5 Å². The molecule has 3 aromatic carbocycles. The molecule has 0 spiro atoms. The third-order valence-electron chi connectivity index (χ3n) is 4.89. The molecule has 1 heterocycles. The first-order valence-corrected chi connectivity index (χ1v) is 11.8. The Morgan fingerprint density at radius 2 is 1.53 bits per heavy atom. The first kappa shape index (κ1) is 24.3. The highest BCUT2D eigenvalue weighted by molar-refractivity contribution is 8.04. The Hall–Kier alpha value is -2.84. The van der Waals surface area contributed by atoms with Crippen LogP contribution in [0.3, 0.4) is 0 Å². The van der Waals surface area contributed by atoms with Gasteiger partial charge in [0, 0.05) is 21.0 Å². The van der Waals surface area contributed by atoms with Gasteiger partial charge >= 0.3 is 0 Å². The molecule has 6 nitrogen and oxygen atoms in total. The Morgan fingerprint density at radius 3 is 2.21 bits per heavy atom. The first-order chi connectivity index (χ1) is 16.3. The van der Waals surface area contributed by atoms with Gasteiger partial charge in [0.2, 0.25) is 0 Å². The molecule has 34 heavy (non-hydrogen) atoms. The molecule has 174 valence electrons. The molecular formula is C24H17Cl3N2O4S. The SMILES string of the molecule is COc1ccc(NC2=C(Sc3ccc(Cl)cc3)C(=O)N(c3cc(Cl)ccc3Cl)C2=O)c(OC)c1. The zero-order valence-corrected chi connectivity index (χ0v) is 21.0. The van der Waals surface area contributed by atoms with Gasteiger partial charge < -0.3 is 14.8 Å². The van der Waals surface area contributed by atoms with Crippen molar-refractivity contribution >= 4 is 69.8 Å². The maximum atomic E-state index is 13.5. The number of carbonyl (C=O) groups is 2. The van der Waals surface area contributed by atoms with Crippen molar-refractivity contribution in [3.8, 4) is 11.5 Å². The lowest BCUT2D eigenvalue weighted by Gasteiger charge is -2.17. The number of hydrogen-bond donors (Lipinski definition) is 1. The zero-order valence-electron chi connectivity index (χ0n) is 17.9. The highest BCUT2D eigenvalue weighted by atomic mass is 35.5. The van der Waals surface area contributed by atoms with Gasteiger partial charge in [0.15, 0.2) is 0 Å². The fourth-order valence-corrected chi connectivity index (χ4v) is 4.67.